The van der Waals surface area contributed by atoms with E-state index in [4.69, 9.17) is 16.8 Å². The lowest BCUT2D eigenvalue weighted by molar-refractivity contribution is 0.319. The first kappa shape index (κ1) is 6.72. The molecular formula is C3H7ClN2O. The Balaban J connectivity index is 3.17. The third-order valence-corrected chi connectivity index (χ3v) is 0.640. The van der Waals surface area contributed by atoms with E-state index in [2.05, 4.69) is 10.5 Å². The second kappa shape index (κ2) is 3.89. The van der Waals surface area contributed by atoms with Crippen LogP contribution in [0.4, 0.5) is 0 Å². The number of rotatable bonds is 2. The van der Waals surface area contributed by atoms with Gasteiger partial charge in [-0.05, 0) is 7.05 Å². The van der Waals surface area contributed by atoms with Crippen LogP contribution >= 0.6 is 11.6 Å². The first-order valence-corrected chi connectivity index (χ1v) is 2.20. The summed E-state index contributed by atoms with van der Waals surface area (Å²) >= 11 is 5.20. The molecule has 3 nitrogen and oxygen atoms in total. The molecule has 0 saturated heterocycles. The minimum absolute atomic E-state index is 0.169. The maximum absolute atomic E-state index is 7.88. The van der Waals surface area contributed by atoms with Gasteiger partial charge in [-0.1, -0.05) is 16.8 Å². The molecular weight excluding hydrogens is 115 g/mol. The van der Waals surface area contributed by atoms with Gasteiger partial charge in [-0.3, -0.25) is 0 Å². The van der Waals surface area contributed by atoms with Crippen molar-refractivity contribution in [3.63, 3.8) is 0 Å². The second-order valence-electron chi connectivity index (χ2n) is 1.01. The standard InChI is InChI=1S/C3H7ClN2O/c1-5-2-3(4)6-7/h5,7H,2H2,1H3/b6-3-. The van der Waals surface area contributed by atoms with Crippen LogP contribution in [0.3, 0.4) is 0 Å². The van der Waals surface area contributed by atoms with E-state index < -0.39 is 0 Å². The van der Waals surface area contributed by atoms with E-state index in [1.165, 1.54) is 0 Å². The van der Waals surface area contributed by atoms with Gasteiger partial charge in [-0.2, -0.15) is 0 Å². The highest BCUT2D eigenvalue weighted by molar-refractivity contribution is 6.65. The minimum Gasteiger partial charge on any atom is -0.410 e. The van der Waals surface area contributed by atoms with Crippen LogP contribution in [-0.2, 0) is 0 Å². The molecule has 42 valence electrons. The molecule has 0 unspecified atom stereocenters. The van der Waals surface area contributed by atoms with Gasteiger partial charge in [0.25, 0.3) is 0 Å². The van der Waals surface area contributed by atoms with Crippen molar-refractivity contribution in [2.45, 2.75) is 0 Å². The molecule has 0 rings (SSSR count). The number of nitrogens with one attached hydrogen (secondary N) is 1. The Labute approximate surface area is 47.0 Å². The topological polar surface area (TPSA) is 44.6 Å². The van der Waals surface area contributed by atoms with E-state index in [1.54, 1.807) is 7.05 Å². The van der Waals surface area contributed by atoms with Crippen molar-refractivity contribution in [3.05, 3.63) is 0 Å². The highest BCUT2D eigenvalue weighted by atomic mass is 35.5. The zero-order chi connectivity index (χ0) is 5.70. The van der Waals surface area contributed by atoms with Crippen molar-refractivity contribution < 1.29 is 5.21 Å². The van der Waals surface area contributed by atoms with Gasteiger partial charge in [-0.25, -0.2) is 0 Å². The van der Waals surface area contributed by atoms with Crippen molar-refractivity contribution in [1.82, 2.24) is 5.32 Å². The molecule has 4 heteroatoms. The van der Waals surface area contributed by atoms with Crippen LogP contribution in [0.2, 0.25) is 0 Å². The van der Waals surface area contributed by atoms with Crippen LogP contribution in [0.5, 0.6) is 0 Å². The molecule has 0 saturated carbocycles. The lowest BCUT2D eigenvalue weighted by atomic mass is 10.7. The summed E-state index contributed by atoms with van der Waals surface area (Å²) in [7, 11) is 1.72. The Hall–Kier alpha value is -0.280. The summed E-state index contributed by atoms with van der Waals surface area (Å²) < 4.78 is 0. The molecule has 0 amide bonds. The zero-order valence-electron chi connectivity index (χ0n) is 3.98. The largest absolute Gasteiger partial charge is 0.410 e. The molecule has 0 aliphatic heterocycles. The summed E-state index contributed by atoms with van der Waals surface area (Å²) in [5.41, 5.74) is 0. The molecule has 0 atom stereocenters. The summed E-state index contributed by atoms with van der Waals surface area (Å²) in [5, 5.41) is 13.4. The smallest absolute Gasteiger partial charge is 0.159 e. The third-order valence-electron chi connectivity index (χ3n) is 0.431. The summed E-state index contributed by atoms with van der Waals surface area (Å²) in [6.07, 6.45) is 0. The molecule has 0 bridgehead atoms. The van der Waals surface area contributed by atoms with Gasteiger partial charge in [0.2, 0.25) is 0 Å². The number of oxime groups is 1. The molecule has 0 aromatic carbocycles. The SMILES string of the molecule is CNC/C(Cl)=N/O. The van der Waals surface area contributed by atoms with E-state index in [9.17, 15) is 0 Å². The van der Waals surface area contributed by atoms with Crippen LogP contribution in [0.15, 0.2) is 5.16 Å². The van der Waals surface area contributed by atoms with Gasteiger partial charge in [-0.15, -0.1) is 0 Å². The number of halogens is 1. The minimum atomic E-state index is 0.169. The average Bonchev–Trinajstić information content (AvgIpc) is 1.68. The molecule has 0 heterocycles. The molecule has 0 fully saturated rings. The van der Waals surface area contributed by atoms with E-state index in [0.29, 0.717) is 6.54 Å². The number of nitrogens with zero attached hydrogens (tertiary/aromatic N) is 1. The fourth-order valence-electron chi connectivity index (χ4n) is 0.181. The van der Waals surface area contributed by atoms with Gasteiger partial charge in [0.15, 0.2) is 5.17 Å². The normalized spacial score (nSPS) is 12.0. The van der Waals surface area contributed by atoms with Crippen molar-refractivity contribution in [2.24, 2.45) is 5.16 Å². The van der Waals surface area contributed by atoms with Crippen molar-refractivity contribution >= 4 is 16.8 Å². The molecule has 0 aliphatic carbocycles. The van der Waals surface area contributed by atoms with Gasteiger partial charge in [0, 0.05) is 0 Å². The Bertz CT molecular complexity index is 73.3. The van der Waals surface area contributed by atoms with E-state index >= 15 is 0 Å². The van der Waals surface area contributed by atoms with Crippen LogP contribution in [-0.4, -0.2) is 24.0 Å². The second-order valence-corrected chi connectivity index (χ2v) is 1.44. The molecule has 0 radical (unpaired) electrons. The Kier molecular flexibility index (Phi) is 3.74. The predicted molar refractivity (Wildman–Crippen MR) is 29.0 cm³/mol. The molecule has 0 aromatic heterocycles. The summed E-state index contributed by atoms with van der Waals surface area (Å²) in [6.45, 7) is 0.415. The maximum Gasteiger partial charge on any atom is 0.159 e. The van der Waals surface area contributed by atoms with Gasteiger partial charge in [0.1, 0.15) is 0 Å². The molecule has 0 spiro atoms. The summed E-state index contributed by atoms with van der Waals surface area (Å²) in [4.78, 5) is 0. The first-order chi connectivity index (χ1) is 3.31. The highest BCUT2D eigenvalue weighted by Gasteiger charge is 1.86. The molecule has 0 aliphatic rings. The van der Waals surface area contributed by atoms with Crippen LogP contribution in [0.1, 0.15) is 0 Å². The lowest BCUT2D eigenvalue weighted by Gasteiger charge is -1.88. The maximum atomic E-state index is 7.88. The lowest BCUT2D eigenvalue weighted by Crippen LogP contribution is -2.13. The quantitative estimate of drug-likeness (QED) is 0.313. The molecule has 7 heavy (non-hydrogen) atoms. The first-order valence-electron chi connectivity index (χ1n) is 1.82. The van der Waals surface area contributed by atoms with Crippen molar-refractivity contribution in [3.8, 4) is 0 Å². The van der Waals surface area contributed by atoms with E-state index in [1.807, 2.05) is 0 Å². The predicted octanol–water partition coefficient (Wildman–Crippen LogP) is 0.232. The van der Waals surface area contributed by atoms with Crippen molar-refractivity contribution in [1.29, 1.82) is 0 Å². The van der Waals surface area contributed by atoms with Crippen LogP contribution < -0.4 is 5.32 Å². The average molecular weight is 123 g/mol. The van der Waals surface area contributed by atoms with Gasteiger partial charge >= 0.3 is 0 Å². The molecule has 2 N–H and O–H groups in total. The third kappa shape index (κ3) is 3.55. The van der Waals surface area contributed by atoms with Crippen LogP contribution in [0, 0.1) is 0 Å². The summed E-state index contributed by atoms with van der Waals surface area (Å²) in [5.74, 6) is 0. The van der Waals surface area contributed by atoms with Gasteiger partial charge < -0.3 is 10.5 Å². The highest BCUT2D eigenvalue weighted by Crippen LogP contribution is 1.78. The Morgan fingerprint density at radius 2 is 2.57 bits per heavy atom. The Morgan fingerprint density at radius 1 is 2.00 bits per heavy atom. The van der Waals surface area contributed by atoms with E-state index in [0.717, 1.165) is 0 Å². The van der Waals surface area contributed by atoms with Gasteiger partial charge in [0.05, 0.1) is 6.54 Å². The fourth-order valence-corrected chi connectivity index (χ4v) is 0.315. The molecule has 0 aromatic rings. The Morgan fingerprint density at radius 3 is 2.71 bits per heavy atom. The van der Waals surface area contributed by atoms with E-state index in [-0.39, 0.29) is 5.17 Å². The fraction of sp³-hybridized carbons (Fsp3) is 0.667. The number of hydrogen-bond acceptors (Lipinski definition) is 3. The monoisotopic (exact) mass is 122 g/mol. The van der Waals surface area contributed by atoms with Crippen LogP contribution in [0.25, 0.3) is 0 Å². The van der Waals surface area contributed by atoms with Crippen molar-refractivity contribution in [2.75, 3.05) is 13.6 Å². The number of hydrogen-bond donors (Lipinski definition) is 2. The summed E-state index contributed by atoms with van der Waals surface area (Å²) in [6, 6.07) is 0. The zero-order valence-corrected chi connectivity index (χ0v) is 4.74.